The van der Waals surface area contributed by atoms with Crippen LogP contribution in [-0.2, 0) is 11.2 Å². The van der Waals surface area contributed by atoms with Crippen LogP contribution in [-0.4, -0.2) is 31.2 Å². The summed E-state index contributed by atoms with van der Waals surface area (Å²) in [4.78, 5) is 16.7. The number of carbonyl (C=O) groups excluding carboxylic acids is 1. The van der Waals surface area contributed by atoms with Gasteiger partial charge in [0.25, 0.3) is 5.78 Å². The molecule has 0 aliphatic rings. The van der Waals surface area contributed by atoms with Gasteiger partial charge in [0.1, 0.15) is 0 Å². The van der Waals surface area contributed by atoms with Gasteiger partial charge in [-0.1, -0.05) is 43.0 Å². The normalized spacial score (nSPS) is 12.3. The zero-order valence-electron chi connectivity index (χ0n) is 15.5. The molecule has 1 N–H and O–H groups in total. The van der Waals surface area contributed by atoms with Crippen LogP contribution in [0.25, 0.3) is 5.78 Å². The number of hydrogen-bond acceptors (Lipinski definition) is 5. The van der Waals surface area contributed by atoms with Crippen molar-refractivity contribution in [3.63, 3.8) is 0 Å². The van der Waals surface area contributed by atoms with E-state index in [0.29, 0.717) is 10.9 Å². The molecule has 0 fully saturated rings. The van der Waals surface area contributed by atoms with E-state index in [2.05, 4.69) is 51.7 Å². The van der Waals surface area contributed by atoms with E-state index in [-0.39, 0.29) is 17.7 Å². The lowest BCUT2D eigenvalue weighted by Gasteiger charge is -2.14. The molecule has 1 atom stereocenters. The molecule has 0 radical (unpaired) electrons. The molecule has 26 heavy (non-hydrogen) atoms. The Morgan fingerprint density at radius 3 is 2.65 bits per heavy atom. The molecule has 3 aromatic rings. The minimum absolute atomic E-state index is 0.0310. The average molecular weight is 369 g/mol. The summed E-state index contributed by atoms with van der Waals surface area (Å²) < 4.78 is 1.87. The molecular formula is C19H23N5OS. The van der Waals surface area contributed by atoms with Crippen molar-refractivity contribution in [1.29, 1.82) is 0 Å². The Balaban J connectivity index is 1.62. The molecule has 3 rings (SSSR count). The van der Waals surface area contributed by atoms with E-state index in [4.69, 9.17) is 0 Å². The Bertz CT molecular complexity index is 920. The maximum absolute atomic E-state index is 12.3. The van der Waals surface area contributed by atoms with Gasteiger partial charge in [-0.3, -0.25) is 9.20 Å². The van der Waals surface area contributed by atoms with Gasteiger partial charge in [-0.2, -0.15) is 0 Å². The quantitative estimate of drug-likeness (QED) is 0.675. The Hall–Kier alpha value is -2.41. The fourth-order valence-corrected chi connectivity index (χ4v) is 3.63. The van der Waals surface area contributed by atoms with E-state index in [9.17, 15) is 4.79 Å². The first-order chi connectivity index (χ1) is 12.5. The number of amides is 1. The maximum atomic E-state index is 12.3. The van der Waals surface area contributed by atoms with Crippen molar-refractivity contribution in [2.75, 3.05) is 5.75 Å². The molecule has 6 nitrogen and oxygen atoms in total. The molecule has 2 heterocycles. The lowest BCUT2D eigenvalue weighted by Crippen LogP contribution is -2.28. The number of thioether (sulfide) groups is 1. The third-order valence-electron chi connectivity index (χ3n) is 4.26. The summed E-state index contributed by atoms with van der Waals surface area (Å²) in [5, 5.41) is 12.0. The number of hydrogen-bond donors (Lipinski definition) is 1. The fraction of sp³-hybridized carbons (Fsp3) is 0.368. The SMILES string of the molecule is CCc1ccc([C@@H](C)NC(=O)CSc2nnc3nc(C)cc(C)n23)cc1. The third kappa shape index (κ3) is 4.04. The van der Waals surface area contributed by atoms with E-state index in [1.165, 1.54) is 17.3 Å². The minimum atomic E-state index is -0.0322. The predicted octanol–water partition coefficient (Wildman–Crippen LogP) is 3.27. The molecule has 0 aliphatic heterocycles. The lowest BCUT2D eigenvalue weighted by molar-refractivity contribution is -0.119. The lowest BCUT2D eigenvalue weighted by atomic mass is 10.1. The van der Waals surface area contributed by atoms with Gasteiger partial charge in [0.2, 0.25) is 5.91 Å². The van der Waals surface area contributed by atoms with E-state index in [1.54, 1.807) is 0 Å². The van der Waals surface area contributed by atoms with Crippen molar-refractivity contribution < 1.29 is 4.79 Å². The first kappa shape index (κ1) is 18.4. The molecule has 7 heteroatoms. The number of fused-ring (bicyclic) bond motifs is 1. The zero-order chi connectivity index (χ0) is 18.7. The van der Waals surface area contributed by atoms with Crippen molar-refractivity contribution in [1.82, 2.24) is 24.9 Å². The molecule has 0 bridgehead atoms. The number of aryl methyl sites for hydroxylation is 3. The largest absolute Gasteiger partial charge is 0.349 e. The van der Waals surface area contributed by atoms with Crippen LogP contribution < -0.4 is 5.32 Å². The van der Waals surface area contributed by atoms with Gasteiger partial charge < -0.3 is 5.32 Å². The summed E-state index contributed by atoms with van der Waals surface area (Å²) in [5.74, 6) is 0.817. The second-order valence-corrected chi connectivity index (χ2v) is 7.27. The Kier molecular flexibility index (Phi) is 5.56. The number of benzene rings is 1. The van der Waals surface area contributed by atoms with E-state index in [0.717, 1.165) is 23.4 Å². The van der Waals surface area contributed by atoms with Gasteiger partial charge in [-0.15, -0.1) is 10.2 Å². The van der Waals surface area contributed by atoms with Crippen LogP contribution in [0.15, 0.2) is 35.5 Å². The molecule has 1 aromatic carbocycles. The van der Waals surface area contributed by atoms with Crippen LogP contribution in [0.3, 0.4) is 0 Å². The summed E-state index contributed by atoms with van der Waals surface area (Å²) in [5.41, 5.74) is 4.30. The molecule has 1 amide bonds. The van der Waals surface area contributed by atoms with E-state index in [1.807, 2.05) is 31.2 Å². The Morgan fingerprint density at radius 1 is 1.23 bits per heavy atom. The van der Waals surface area contributed by atoms with Gasteiger partial charge in [-0.05, 0) is 44.4 Å². The molecular weight excluding hydrogens is 346 g/mol. The molecule has 0 saturated carbocycles. The predicted molar refractivity (Wildman–Crippen MR) is 103 cm³/mol. The first-order valence-corrected chi connectivity index (χ1v) is 9.67. The van der Waals surface area contributed by atoms with Crippen LogP contribution in [0.1, 0.15) is 42.4 Å². The van der Waals surface area contributed by atoms with Crippen LogP contribution >= 0.6 is 11.8 Å². The molecule has 2 aromatic heterocycles. The highest BCUT2D eigenvalue weighted by atomic mass is 32.2. The number of carbonyl (C=O) groups is 1. The van der Waals surface area contributed by atoms with Gasteiger partial charge in [-0.25, -0.2) is 4.98 Å². The van der Waals surface area contributed by atoms with Crippen molar-refractivity contribution >= 4 is 23.4 Å². The second-order valence-electron chi connectivity index (χ2n) is 6.33. The summed E-state index contributed by atoms with van der Waals surface area (Å²) >= 11 is 1.37. The first-order valence-electron chi connectivity index (χ1n) is 8.68. The van der Waals surface area contributed by atoms with Crippen molar-refractivity contribution in [2.24, 2.45) is 0 Å². The Morgan fingerprint density at radius 2 is 1.96 bits per heavy atom. The van der Waals surface area contributed by atoms with E-state index >= 15 is 0 Å². The smallest absolute Gasteiger partial charge is 0.256 e. The highest BCUT2D eigenvalue weighted by molar-refractivity contribution is 7.99. The standard InChI is InChI=1S/C19H23N5OS/c1-5-15-6-8-16(9-7-15)14(4)21-17(25)11-26-19-23-22-18-20-12(2)10-13(3)24(18)19/h6-10,14H,5,11H2,1-4H3,(H,21,25)/t14-/m1/s1. The van der Waals surface area contributed by atoms with Crippen molar-refractivity contribution in [3.05, 3.63) is 52.8 Å². The number of aromatic nitrogens is 4. The van der Waals surface area contributed by atoms with Gasteiger partial charge in [0.15, 0.2) is 5.16 Å². The summed E-state index contributed by atoms with van der Waals surface area (Å²) in [6.07, 6.45) is 1.01. The zero-order valence-corrected chi connectivity index (χ0v) is 16.3. The molecule has 0 aliphatic carbocycles. The topological polar surface area (TPSA) is 72.2 Å². The highest BCUT2D eigenvalue weighted by Gasteiger charge is 2.14. The van der Waals surface area contributed by atoms with Gasteiger partial charge >= 0.3 is 0 Å². The average Bonchev–Trinajstić information content (AvgIpc) is 3.03. The Labute approximate surface area is 157 Å². The minimum Gasteiger partial charge on any atom is -0.349 e. The number of nitrogens with one attached hydrogen (secondary N) is 1. The van der Waals surface area contributed by atoms with Gasteiger partial charge in [0, 0.05) is 11.4 Å². The van der Waals surface area contributed by atoms with Crippen LogP contribution in [0.4, 0.5) is 0 Å². The third-order valence-corrected chi connectivity index (χ3v) is 5.19. The maximum Gasteiger partial charge on any atom is 0.256 e. The van der Waals surface area contributed by atoms with Crippen LogP contribution in [0, 0.1) is 13.8 Å². The summed E-state index contributed by atoms with van der Waals surface area (Å²) in [6, 6.07) is 10.3. The van der Waals surface area contributed by atoms with E-state index < -0.39 is 0 Å². The van der Waals surface area contributed by atoms with Gasteiger partial charge in [0.05, 0.1) is 11.8 Å². The fourth-order valence-electron chi connectivity index (χ4n) is 2.83. The van der Waals surface area contributed by atoms with Crippen molar-refractivity contribution in [3.8, 4) is 0 Å². The number of rotatable bonds is 6. The molecule has 0 unspecified atom stereocenters. The van der Waals surface area contributed by atoms with Crippen LogP contribution in [0.5, 0.6) is 0 Å². The van der Waals surface area contributed by atoms with Crippen molar-refractivity contribution in [2.45, 2.75) is 45.3 Å². The summed E-state index contributed by atoms with van der Waals surface area (Å²) in [6.45, 7) is 8.03. The second kappa shape index (κ2) is 7.86. The summed E-state index contributed by atoms with van der Waals surface area (Å²) in [7, 11) is 0. The molecule has 0 spiro atoms. The number of nitrogens with zero attached hydrogens (tertiary/aromatic N) is 4. The monoisotopic (exact) mass is 369 g/mol. The molecule has 0 saturated heterocycles. The molecule has 136 valence electrons. The van der Waals surface area contributed by atoms with Crippen LogP contribution in [0.2, 0.25) is 0 Å². The highest BCUT2D eigenvalue weighted by Crippen LogP contribution is 2.19.